The number of fused-ring (bicyclic) bond motifs is 1. The van der Waals surface area contributed by atoms with Crippen molar-refractivity contribution in [2.45, 2.75) is 46.2 Å². The van der Waals surface area contributed by atoms with E-state index in [9.17, 15) is 9.59 Å². The molecule has 3 rings (SSSR count). The van der Waals surface area contributed by atoms with E-state index in [4.69, 9.17) is 4.42 Å². The number of carbonyl (C=O) groups is 2. The van der Waals surface area contributed by atoms with Crippen LogP contribution >= 0.6 is 0 Å². The predicted molar refractivity (Wildman–Crippen MR) is 92.3 cm³/mol. The van der Waals surface area contributed by atoms with Crippen molar-refractivity contribution < 1.29 is 14.0 Å². The summed E-state index contributed by atoms with van der Waals surface area (Å²) >= 11 is 0. The van der Waals surface area contributed by atoms with Crippen LogP contribution in [0.4, 0.5) is 0 Å². The van der Waals surface area contributed by atoms with Gasteiger partial charge in [-0.2, -0.15) is 0 Å². The van der Waals surface area contributed by atoms with Gasteiger partial charge >= 0.3 is 0 Å². The lowest BCUT2D eigenvalue weighted by Crippen LogP contribution is -2.31. The van der Waals surface area contributed by atoms with Crippen LogP contribution in [-0.4, -0.2) is 39.4 Å². The lowest BCUT2D eigenvalue weighted by atomic mass is 10.1. The third-order valence-electron chi connectivity index (χ3n) is 4.58. The van der Waals surface area contributed by atoms with Gasteiger partial charge in [0.05, 0.1) is 18.5 Å². The highest BCUT2D eigenvalue weighted by Crippen LogP contribution is 2.22. The molecule has 0 spiro atoms. The van der Waals surface area contributed by atoms with Crippen LogP contribution in [0.3, 0.4) is 0 Å². The number of furan rings is 1. The summed E-state index contributed by atoms with van der Waals surface area (Å²) in [4.78, 5) is 31.5. The quantitative estimate of drug-likeness (QED) is 0.871. The molecule has 0 atom stereocenters. The summed E-state index contributed by atoms with van der Waals surface area (Å²) in [5.41, 5.74) is 1.30. The minimum atomic E-state index is -0.279. The third-order valence-corrected chi connectivity index (χ3v) is 4.58. The monoisotopic (exact) mass is 344 g/mol. The fourth-order valence-electron chi connectivity index (χ4n) is 3.21. The van der Waals surface area contributed by atoms with Crippen LogP contribution in [0, 0.1) is 0 Å². The largest absolute Gasteiger partial charge is 0.467 e. The number of carbonyl (C=O) groups excluding carboxylic acids is 2. The van der Waals surface area contributed by atoms with Crippen LogP contribution in [0.2, 0.25) is 0 Å². The molecule has 2 aromatic heterocycles. The van der Waals surface area contributed by atoms with E-state index in [1.165, 1.54) is 0 Å². The van der Waals surface area contributed by atoms with Gasteiger partial charge in [0.25, 0.3) is 11.8 Å². The van der Waals surface area contributed by atoms with E-state index in [0.29, 0.717) is 36.9 Å². The van der Waals surface area contributed by atoms with E-state index in [1.807, 2.05) is 18.4 Å². The van der Waals surface area contributed by atoms with Gasteiger partial charge in [0.15, 0.2) is 5.82 Å². The van der Waals surface area contributed by atoms with E-state index in [-0.39, 0.29) is 11.8 Å². The minimum absolute atomic E-state index is 0.0965. The van der Waals surface area contributed by atoms with Crippen LogP contribution in [0.25, 0.3) is 0 Å². The average Bonchev–Trinajstić information content (AvgIpc) is 3.28. The number of aromatic nitrogens is 2. The lowest BCUT2D eigenvalue weighted by Gasteiger charge is -2.20. The Hall–Kier alpha value is -2.57. The first-order valence-corrected chi connectivity index (χ1v) is 8.85. The molecular formula is C18H24N4O3. The second-order valence-electron chi connectivity index (χ2n) is 6.08. The molecule has 2 amide bonds. The smallest absolute Gasteiger partial charge is 0.287 e. The molecule has 1 aliphatic heterocycles. The van der Waals surface area contributed by atoms with E-state index in [0.717, 1.165) is 31.5 Å². The number of hydrogen-bond donors (Lipinski definition) is 1. The number of nitrogens with one attached hydrogen (secondary N) is 1. The van der Waals surface area contributed by atoms with Crippen molar-refractivity contribution >= 4 is 11.8 Å². The molecule has 3 heterocycles. The van der Waals surface area contributed by atoms with E-state index < -0.39 is 0 Å². The molecule has 7 heteroatoms. The van der Waals surface area contributed by atoms with Crippen molar-refractivity contribution in [1.29, 1.82) is 0 Å². The van der Waals surface area contributed by atoms with Crippen LogP contribution in [0.1, 0.15) is 59.3 Å². The third kappa shape index (κ3) is 3.45. The zero-order valence-electron chi connectivity index (χ0n) is 14.7. The van der Waals surface area contributed by atoms with E-state index >= 15 is 0 Å². The summed E-state index contributed by atoms with van der Waals surface area (Å²) in [5.74, 6) is 0.619. The molecule has 25 heavy (non-hydrogen) atoms. The Morgan fingerprint density at radius 2 is 2.12 bits per heavy atom. The minimum Gasteiger partial charge on any atom is -0.467 e. The molecule has 0 radical (unpaired) electrons. The maximum atomic E-state index is 12.8. The van der Waals surface area contributed by atoms with E-state index in [1.54, 1.807) is 23.3 Å². The lowest BCUT2D eigenvalue weighted by molar-refractivity contribution is 0.0766. The highest BCUT2D eigenvalue weighted by Gasteiger charge is 2.29. The molecule has 1 N–H and O–H groups in total. The number of rotatable bonds is 6. The van der Waals surface area contributed by atoms with Gasteiger partial charge in [-0.3, -0.25) is 9.59 Å². The fraction of sp³-hybridized carbons (Fsp3) is 0.500. The van der Waals surface area contributed by atoms with Crippen molar-refractivity contribution in [3.63, 3.8) is 0 Å². The summed E-state index contributed by atoms with van der Waals surface area (Å²) in [6, 6.07) is 3.58. The van der Waals surface area contributed by atoms with Crippen molar-refractivity contribution in [2.24, 2.45) is 0 Å². The molecule has 0 fully saturated rings. The Morgan fingerprint density at radius 1 is 1.32 bits per heavy atom. The summed E-state index contributed by atoms with van der Waals surface area (Å²) in [5, 5.41) is 2.82. The number of nitrogens with zero attached hydrogens (tertiary/aromatic N) is 3. The number of imidazole rings is 1. The first-order chi connectivity index (χ1) is 12.2. The van der Waals surface area contributed by atoms with Crippen LogP contribution < -0.4 is 5.32 Å². The molecular weight excluding hydrogens is 320 g/mol. The van der Waals surface area contributed by atoms with Crippen molar-refractivity contribution in [3.8, 4) is 0 Å². The second kappa shape index (κ2) is 7.55. The summed E-state index contributed by atoms with van der Waals surface area (Å²) < 4.78 is 7.13. The normalized spacial score (nSPS) is 13.4. The van der Waals surface area contributed by atoms with Gasteiger partial charge in [-0.15, -0.1) is 0 Å². The standard InChI is InChI=1S/C18H24N4O3/c1-3-21(4-2)18(24)15-14-9-5-6-10-22(14)16(20-15)17(23)19-12-13-8-7-11-25-13/h7-8,11H,3-6,9-10,12H2,1-2H3,(H,19,23). The molecule has 0 saturated carbocycles. The Labute approximate surface area is 147 Å². The van der Waals surface area contributed by atoms with Gasteiger partial charge in [0.2, 0.25) is 0 Å². The van der Waals surface area contributed by atoms with Crippen LogP contribution in [0.15, 0.2) is 22.8 Å². The summed E-state index contributed by atoms with van der Waals surface area (Å²) in [6.45, 7) is 6.16. The maximum Gasteiger partial charge on any atom is 0.287 e. The second-order valence-corrected chi connectivity index (χ2v) is 6.08. The zero-order chi connectivity index (χ0) is 17.8. The van der Waals surface area contributed by atoms with Crippen molar-refractivity contribution in [2.75, 3.05) is 13.1 Å². The van der Waals surface area contributed by atoms with Crippen molar-refractivity contribution in [1.82, 2.24) is 19.8 Å². The molecule has 0 unspecified atom stereocenters. The van der Waals surface area contributed by atoms with Gasteiger partial charge in [-0.25, -0.2) is 4.98 Å². The topological polar surface area (TPSA) is 80.4 Å². The molecule has 0 aromatic carbocycles. The van der Waals surface area contributed by atoms with Gasteiger partial charge in [0, 0.05) is 19.6 Å². The van der Waals surface area contributed by atoms with Gasteiger partial charge in [0.1, 0.15) is 11.5 Å². The molecule has 134 valence electrons. The molecule has 7 nitrogen and oxygen atoms in total. The summed E-state index contributed by atoms with van der Waals surface area (Å²) in [7, 11) is 0. The molecule has 0 bridgehead atoms. The molecule has 2 aromatic rings. The predicted octanol–water partition coefficient (Wildman–Crippen LogP) is 2.22. The first-order valence-electron chi connectivity index (χ1n) is 8.85. The Morgan fingerprint density at radius 3 is 2.80 bits per heavy atom. The van der Waals surface area contributed by atoms with Gasteiger partial charge in [-0.1, -0.05) is 0 Å². The Bertz CT molecular complexity index is 745. The van der Waals surface area contributed by atoms with Crippen LogP contribution in [0.5, 0.6) is 0 Å². The highest BCUT2D eigenvalue weighted by atomic mass is 16.3. The first kappa shape index (κ1) is 17.3. The molecule has 0 saturated heterocycles. The highest BCUT2D eigenvalue weighted by molar-refractivity contribution is 5.97. The van der Waals surface area contributed by atoms with Crippen LogP contribution in [-0.2, 0) is 19.5 Å². The van der Waals surface area contributed by atoms with E-state index in [2.05, 4.69) is 10.3 Å². The zero-order valence-corrected chi connectivity index (χ0v) is 14.7. The Kier molecular flexibility index (Phi) is 5.21. The fourth-order valence-corrected chi connectivity index (χ4v) is 3.21. The van der Waals surface area contributed by atoms with Gasteiger partial charge in [-0.05, 0) is 45.2 Å². The molecule has 0 aliphatic carbocycles. The number of amides is 2. The Balaban J connectivity index is 1.86. The van der Waals surface area contributed by atoms with Crippen molar-refractivity contribution in [3.05, 3.63) is 41.4 Å². The molecule has 1 aliphatic rings. The number of hydrogen-bond acceptors (Lipinski definition) is 4. The SMILES string of the molecule is CCN(CC)C(=O)c1nc(C(=O)NCc2ccco2)n2c1CCCC2. The average molecular weight is 344 g/mol. The summed E-state index contributed by atoms with van der Waals surface area (Å²) in [6.07, 6.45) is 4.35. The van der Waals surface area contributed by atoms with Gasteiger partial charge < -0.3 is 19.2 Å². The maximum absolute atomic E-state index is 12.8.